The van der Waals surface area contributed by atoms with Crippen LogP contribution in [0, 0.1) is 5.82 Å². The average Bonchev–Trinajstić information content (AvgIpc) is 2.77. The minimum atomic E-state index is -0.358. The second kappa shape index (κ2) is 7.83. The van der Waals surface area contributed by atoms with E-state index in [1.54, 1.807) is 18.2 Å². The number of halogens is 2. The molecule has 0 saturated carbocycles. The molecule has 0 aliphatic carbocycles. The molecule has 8 heteroatoms. The number of H-pyrrole nitrogens is 1. The van der Waals surface area contributed by atoms with Crippen LogP contribution in [-0.4, -0.2) is 34.6 Å². The molecule has 0 bridgehead atoms. The number of rotatable bonds is 3. The summed E-state index contributed by atoms with van der Waals surface area (Å²) in [5, 5.41) is 0.511. The maximum absolute atomic E-state index is 13.6. The summed E-state index contributed by atoms with van der Waals surface area (Å²) in [6, 6.07) is 11.6. The standard InChI is InChI=1S/C23H20ClFN4O2/c24-21-14(12-31-20-6-3-15(25)9-17(20)21)10-29-8-7-19-18(11-29)23(30)28-22(27-19)13-1-4-16(26)5-2-13/h1-6,9H,7-8,10-12,26H2,(H,27,28,30). The van der Waals surface area contributed by atoms with Crippen LogP contribution in [0.15, 0.2) is 52.8 Å². The first-order valence-electron chi connectivity index (χ1n) is 9.98. The van der Waals surface area contributed by atoms with E-state index in [-0.39, 0.29) is 11.4 Å². The van der Waals surface area contributed by atoms with Gasteiger partial charge in [0.15, 0.2) is 0 Å². The number of fused-ring (bicyclic) bond motifs is 2. The van der Waals surface area contributed by atoms with Crippen molar-refractivity contribution in [2.45, 2.75) is 13.0 Å². The number of hydrogen-bond acceptors (Lipinski definition) is 5. The number of anilines is 1. The van der Waals surface area contributed by atoms with Gasteiger partial charge in [-0.2, -0.15) is 0 Å². The van der Waals surface area contributed by atoms with Crippen molar-refractivity contribution in [2.75, 3.05) is 25.4 Å². The molecule has 0 amide bonds. The number of nitrogens with zero attached hydrogens (tertiary/aromatic N) is 2. The van der Waals surface area contributed by atoms with Crippen molar-refractivity contribution in [3.63, 3.8) is 0 Å². The van der Waals surface area contributed by atoms with Gasteiger partial charge in [-0.1, -0.05) is 11.6 Å². The number of nitrogen functional groups attached to an aromatic ring is 1. The summed E-state index contributed by atoms with van der Waals surface area (Å²) in [5.74, 6) is 0.764. The van der Waals surface area contributed by atoms with E-state index in [1.165, 1.54) is 12.1 Å². The van der Waals surface area contributed by atoms with E-state index >= 15 is 0 Å². The van der Waals surface area contributed by atoms with Crippen molar-refractivity contribution in [2.24, 2.45) is 0 Å². The molecule has 0 spiro atoms. The Hall–Kier alpha value is -3.16. The fraction of sp³-hybridized carbons (Fsp3) is 0.217. The van der Waals surface area contributed by atoms with Gasteiger partial charge in [-0.25, -0.2) is 9.37 Å². The lowest BCUT2D eigenvalue weighted by molar-refractivity contribution is 0.254. The molecule has 3 aromatic rings. The summed E-state index contributed by atoms with van der Waals surface area (Å²) >= 11 is 6.55. The predicted molar refractivity (Wildman–Crippen MR) is 118 cm³/mol. The summed E-state index contributed by atoms with van der Waals surface area (Å²) in [6.07, 6.45) is 0.651. The maximum atomic E-state index is 13.6. The van der Waals surface area contributed by atoms with Gasteiger partial charge >= 0.3 is 0 Å². The SMILES string of the molecule is Nc1ccc(-c2nc3c(c(=O)[nH]2)CN(CC2=C(Cl)c4cc(F)ccc4OC2)CC3)cc1. The van der Waals surface area contributed by atoms with E-state index in [9.17, 15) is 9.18 Å². The topological polar surface area (TPSA) is 84.2 Å². The highest BCUT2D eigenvalue weighted by Crippen LogP contribution is 2.36. The zero-order chi connectivity index (χ0) is 21.5. The van der Waals surface area contributed by atoms with Gasteiger partial charge in [0.2, 0.25) is 0 Å². The fourth-order valence-electron chi connectivity index (χ4n) is 4.00. The van der Waals surface area contributed by atoms with Crippen LogP contribution in [0.2, 0.25) is 0 Å². The molecular weight excluding hydrogens is 419 g/mol. The molecule has 3 N–H and O–H groups in total. The molecule has 3 heterocycles. The van der Waals surface area contributed by atoms with Crippen LogP contribution in [0.1, 0.15) is 16.8 Å². The predicted octanol–water partition coefficient (Wildman–Crippen LogP) is 3.56. The van der Waals surface area contributed by atoms with Crippen LogP contribution in [0.25, 0.3) is 16.4 Å². The number of nitrogens with two attached hydrogens (primary N) is 1. The van der Waals surface area contributed by atoms with Crippen molar-refractivity contribution in [1.29, 1.82) is 0 Å². The number of aromatic amines is 1. The Morgan fingerprint density at radius 1 is 1.23 bits per heavy atom. The maximum Gasteiger partial charge on any atom is 0.255 e. The van der Waals surface area contributed by atoms with Gasteiger partial charge in [0, 0.05) is 48.4 Å². The molecule has 2 aromatic carbocycles. The summed E-state index contributed by atoms with van der Waals surface area (Å²) < 4.78 is 19.4. The second-order valence-electron chi connectivity index (χ2n) is 7.77. The quantitative estimate of drug-likeness (QED) is 0.611. The Kier molecular flexibility index (Phi) is 5.00. The number of aromatic nitrogens is 2. The van der Waals surface area contributed by atoms with Crippen LogP contribution < -0.4 is 16.0 Å². The molecule has 1 aromatic heterocycles. The van der Waals surface area contributed by atoms with E-state index in [0.29, 0.717) is 59.5 Å². The summed E-state index contributed by atoms with van der Waals surface area (Å²) in [4.78, 5) is 22.5. The fourth-order valence-corrected chi connectivity index (χ4v) is 4.26. The van der Waals surface area contributed by atoms with E-state index in [0.717, 1.165) is 23.4 Å². The number of nitrogens with one attached hydrogen (secondary N) is 1. The van der Waals surface area contributed by atoms with E-state index in [4.69, 9.17) is 22.1 Å². The minimum Gasteiger partial charge on any atom is -0.488 e. The average molecular weight is 439 g/mol. The van der Waals surface area contributed by atoms with Crippen LogP contribution in [0.3, 0.4) is 0 Å². The van der Waals surface area contributed by atoms with Crippen molar-refractivity contribution < 1.29 is 9.13 Å². The molecule has 6 nitrogen and oxygen atoms in total. The first kappa shape index (κ1) is 19.8. The smallest absolute Gasteiger partial charge is 0.255 e. The first-order valence-corrected chi connectivity index (χ1v) is 10.4. The highest BCUT2D eigenvalue weighted by atomic mass is 35.5. The first-order chi connectivity index (χ1) is 15.0. The zero-order valence-electron chi connectivity index (χ0n) is 16.6. The highest BCUT2D eigenvalue weighted by Gasteiger charge is 2.25. The normalized spacial score (nSPS) is 15.9. The van der Waals surface area contributed by atoms with Crippen LogP contribution in [-0.2, 0) is 13.0 Å². The van der Waals surface area contributed by atoms with Crippen LogP contribution in [0.4, 0.5) is 10.1 Å². The Balaban J connectivity index is 1.38. The van der Waals surface area contributed by atoms with Crippen molar-refractivity contribution in [3.05, 3.63) is 81.0 Å². The molecule has 2 aliphatic heterocycles. The third kappa shape index (κ3) is 3.82. The lowest BCUT2D eigenvalue weighted by atomic mass is 10.0. The molecular formula is C23H20ClFN4O2. The highest BCUT2D eigenvalue weighted by molar-refractivity contribution is 6.49. The molecule has 0 unspecified atom stereocenters. The van der Waals surface area contributed by atoms with Gasteiger partial charge < -0.3 is 15.5 Å². The van der Waals surface area contributed by atoms with Crippen molar-refractivity contribution >= 4 is 22.3 Å². The lowest BCUT2D eigenvalue weighted by Crippen LogP contribution is -2.37. The molecule has 0 saturated heterocycles. The molecule has 0 radical (unpaired) electrons. The molecule has 2 aliphatic rings. The van der Waals surface area contributed by atoms with Gasteiger partial charge in [-0.05, 0) is 42.5 Å². The summed E-state index contributed by atoms with van der Waals surface area (Å²) in [7, 11) is 0. The molecule has 31 heavy (non-hydrogen) atoms. The minimum absolute atomic E-state index is 0.145. The largest absolute Gasteiger partial charge is 0.488 e. The third-order valence-electron chi connectivity index (χ3n) is 5.64. The number of hydrogen-bond donors (Lipinski definition) is 2. The van der Waals surface area contributed by atoms with Gasteiger partial charge in [-0.15, -0.1) is 0 Å². The monoisotopic (exact) mass is 438 g/mol. The third-order valence-corrected chi connectivity index (χ3v) is 6.11. The van der Waals surface area contributed by atoms with E-state index in [2.05, 4.69) is 14.9 Å². The number of benzene rings is 2. The zero-order valence-corrected chi connectivity index (χ0v) is 17.4. The Morgan fingerprint density at radius 2 is 2.03 bits per heavy atom. The van der Waals surface area contributed by atoms with E-state index < -0.39 is 0 Å². The Morgan fingerprint density at radius 3 is 2.84 bits per heavy atom. The van der Waals surface area contributed by atoms with Gasteiger partial charge in [0.05, 0.1) is 16.3 Å². The Labute approximate surface area is 183 Å². The molecule has 0 atom stereocenters. The second-order valence-corrected chi connectivity index (χ2v) is 8.15. The van der Waals surface area contributed by atoms with Crippen LogP contribution in [0.5, 0.6) is 5.75 Å². The Bertz CT molecular complexity index is 1250. The molecule has 0 fully saturated rings. The van der Waals surface area contributed by atoms with Crippen LogP contribution >= 0.6 is 11.6 Å². The summed E-state index contributed by atoms with van der Waals surface area (Å²) in [5.41, 5.74) is 9.97. The molecule has 158 valence electrons. The number of ether oxygens (including phenoxy) is 1. The van der Waals surface area contributed by atoms with Crippen molar-refractivity contribution in [3.8, 4) is 17.1 Å². The van der Waals surface area contributed by atoms with Gasteiger partial charge in [0.1, 0.15) is 24.0 Å². The van der Waals surface area contributed by atoms with Gasteiger partial charge in [0.25, 0.3) is 5.56 Å². The summed E-state index contributed by atoms with van der Waals surface area (Å²) in [6.45, 7) is 2.07. The lowest BCUT2D eigenvalue weighted by Gasteiger charge is -2.30. The van der Waals surface area contributed by atoms with E-state index in [1.807, 2.05) is 12.1 Å². The van der Waals surface area contributed by atoms with Crippen molar-refractivity contribution in [1.82, 2.24) is 14.9 Å². The van der Waals surface area contributed by atoms with Gasteiger partial charge in [-0.3, -0.25) is 9.69 Å². The molecule has 5 rings (SSSR count).